The van der Waals surface area contributed by atoms with Crippen LogP contribution >= 0.6 is 23.2 Å². The van der Waals surface area contributed by atoms with Gasteiger partial charge in [0.2, 0.25) is 0 Å². The van der Waals surface area contributed by atoms with Crippen molar-refractivity contribution in [3.63, 3.8) is 0 Å². The minimum Gasteiger partial charge on any atom is -0.207 e. The molecule has 2 aromatic rings. The van der Waals surface area contributed by atoms with Crippen LogP contribution in [0.2, 0.25) is 0 Å². The molecule has 20 heavy (non-hydrogen) atoms. The van der Waals surface area contributed by atoms with E-state index in [0.717, 1.165) is 5.56 Å². The van der Waals surface area contributed by atoms with E-state index in [9.17, 15) is 4.39 Å². The van der Waals surface area contributed by atoms with E-state index >= 15 is 0 Å². The van der Waals surface area contributed by atoms with Gasteiger partial charge < -0.3 is 0 Å². The molecule has 0 N–H and O–H groups in total. The van der Waals surface area contributed by atoms with Gasteiger partial charge in [0.05, 0.1) is 0 Å². The molecule has 2 aromatic carbocycles. The Morgan fingerprint density at radius 2 is 1.55 bits per heavy atom. The lowest BCUT2D eigenvalue weighted by Gasteiger charge is -2.30. The van der Waals surface area contributed by atoms with Crippen molar-refractivity contribution in [1.82, 2.24) is 0 Å². The molecule has 0 atom stereocenters. The van der Waals surface area contributed by atoms with Crippen molar-refractivity contribution in [1.29, 1.82) is 0 Å². The number of halogens is 3. The van der Waals surface area contributed by atoms with Gasteiger partial charge in [0.15, 0.2) is 0 Å². The van der Waals surface area contributed by atoms with Crippen molar-refractivity contribution in [3.05, 3.63) is 71.0 Å². The molecule has 106 valence electrons. The molecule has 0 saturated carbocycles. The Balaban J connectivity index is 2.39. The highest BCUT2D eigenvalue weighted by molar-refractivity contribution is 6.22. The first-order valence-corrected chi connectivity index (χ1v) is 7.61. The highest BCUT2D eigenvalue weighted by Crippen LogP contribution is 2.32. The summed E-state index contributed by atoms with van der Waals surface area (Å²) >= 11 is 12.4. The molecule has 3 heteroatoms. The van der Waals surface area contributed by atoms with Gasteiger partial charge in [-0.15, -0.1) is 23.2 Å². The number of rotatable bonds is 5. The first kappa shape index (κ1) is 15.3. The topological polar surface area (TPSA) is 0 Å². The van der Waals surface area contributed by atoms with Crippen LogP contribution < -0.4 is 0 Å². The number of benzene rings is 2. The second-order valence-electron chi connectivity index (χ2n) is 5.18. The standard InChI is InChI=1S/C17H17Cl2F/c1-13-6-8-15(9-7-13)17(11-18,12-19)10-14-4-2-3-5-16(14)20/h2-9H,10-12H2,1H3. The predicted molar refractivity (Wildman–Crippen MR) is 84.4 cm³/mol. The smallest absolute Gasteiger partial charge is 0.126 e. The van der Waals surface area contributed by atoms with Gasteiger partial charge in [-0.3, -0.25) is 0 Å². The summed E-state index contributed by atoms with van der Waals surface area (Å²) in [5.41, 5.74) is 2.43. The zero-order chi connectivity index (χ0) is 14.6. The number of hydrogen-bond acceptors (Lipinski definition) is 0. The third-order valence-electron chi connectivity index (χ3n) is 3.66. The van der Waals surface area contributed by atoms with E-state index in [1.165, 1.54) is 11.6 Å². The molecule has 0 saturated heterocycles. The molecule has 0 heterocycles. The Bertz CT molecular complexity index is 559. The summed E-state index contributed by atoms with van der Waals surface area (Å²) in [6.07, 6.45) is 0.496. The fourth-order valence-corrected chi connectivity index (χ4v) is 3.08. The second-order valence-corrected chi connectivity index (χ2v) is 5.72. The van der Waals surface area contributed by atoms with Crippen molar-refractivity contribution in [2.24, 2.45) is 0 Å². The van der Waals surface area contributed by atoms with Crippen molar-refractivity contribution < 1.29 is 4.39 Å². The van der Waals surface area contributed by atoms with Crippen LogP contribution in [0.5, 0.6) is 0 Å². The van der Waals surface area contributed by atoms with Crippen LogP contribution in [-0.4, -0.2) is 11.8 Å². The van der Waals surface area contributed by atoms with E-state index in [-0.39, 0.29) is 5.82 Å². The number of hydrogen-bond donors (Lipinski definition) is 0. The van der Waals surface area contributed by atoms with Gasteiger partial charge in [-0.05, 0) is 30.5 Å². The summed E-state index contributed by atoms with van der Waals surface area (Å²) < 4.78 is 13.9. The average Bonchev–Trinajstić information content (AvgIpc) is 2.48. The lowest BCUT2D eigenvalue weighted by molar-refractivity contribution is 0.512. The fraction of sp³-hybridized carbons (Fsp3) is 0.294. The number of alkyl halides is 2. The molecule has 0 spiro atoms. The summed E-state index contributed by atoms with van der Waals surface area (Å²) in [5.74, 6) is 0.501. The maximum absolute atomic E-state index is 13.9. The minimum absolute atomic E-state index is 0.209. The van der Waals surface area contributed by atoms with Crippen molar-refractivity contribution in [3.8, 4) is 0 Å². The number of aryl methyl sites for hydroxylation is 1. The summed E-state index contributed by atoms with van der Waals surface area (Å²) in [4.78, 5) is 0. The molecular formula is C17H17Cl2F. The first-order chi connectivity index (χ1) is 9.61. The second kappa shape index (κ2) is 6.60. The molecule has 0 aromatic heterocycles. The molecule has 0 amide bonds. The van der Waals surface area contributed by atoms with Gasteiger partial charge in [0, 0.05) is 17.2 Å². The maximum atomic E-state index is 13.9. The van der Waals surface area contributed by atoms with Gasteiger partial charge in [-0.25, -0.2) is 4.39 Å². The molecule has 0 fully saturated rings. The lowest BCUT2D eigenvalue weighted by atomic mass is 9.78. The summed E-state index contributed by atoms with van der Waals surface area (Å²) in [6, 6.07) is 14.9. The van der Waals surface area contributed by atoms with Gasteiger partial charge in [0.25, 0.3) is 0 Å². The van der Waals surface area contributed by atoms with E-state index < -0.39 is 5.41 Å². The van der Waals surface area contributed by atoms with Crippen molar-refractivity contribution >= 4 is 23.2 Å². The largest absolute Gasteiger partial charge is 0.207 e. The van der Waals surface area contributed by atoms with Crippen LogP contribution in [0, 0.1) is 12.7 Å². The molecule has 0 aliphatic rings. The van der Waals surface area contributed by atoms with Gasteiger partial charge in [-0.1, -0.05) is 48.0 Å². The molecule has 2 rings (SSSR count). The van der Waals surface area contributed by atoms with Crippen LogP contribution in [0.15, 0.2) is 48.5 Å². The summed E-state index contributed by atoms with van der Waals surface area (Å²) in [6.45, 7) is 2.03. The molecule has 0 bridgehead atoms. The molecule has 0 aliphatic carbocycles. The Hall–Kier alpha value is -1.05. The van der Waals surface area contributed by atoms with Crippen LogP contribution in [-0.2, 0) is 11.8 Å². The highest BCUT2D eigenvalue weighted by atomic mass is 35.5. The Morgan fingerprint density at radius 3 is 2.10 bits per heavy atom. The third kappa shape index (κ3) is 3.16. The molecule has 0 unspecified atom stereocenters. The van der Waals surface area contributed by atoms with E-state index in [1.807, 2.05) is 37.3 Å². The minimum atomic E-state index is -0.445. The van der Waals surface area contributed by atoms with E-state index in [0.29, 0.717) is 23.7 Å². The highest BCUT2D eigenvalue weighted by Gasteiger charge is 2.31. The summed E-state index contributed by atoms with van der Waals surface area (Å²) in [5, 5.41) is 0. The van der Waals surface area contributed by atoms with Crippen LogP contribution in [0.1, 0.15) is 16.7 Å². The quantitative estimate of drug-likeness (QED) is 0.675. The Labute approximate surface area is 129 Å². The summed E-state index contributed by atoms with van der Waals surface area (Å²) in [7, 11) is 0. The average molecular weight is 311 g/mol. The van der Waals surface area contributed by atoms with Gasteiger partial charge >= 0.3 is 0 Å². The molecular weight excluding hydrogens is 294 g/mol. The monoisotopic (exact) mass is 310 g/mol. The predicted octanol–water partition coefficient (Wildman–Crippen LogP) is 5.09. The first-order valence-electron chi connectivity index (χ1n) is 6.54. The zero-order valence-electron chi connectivity index (χ0n) is 11.4. The van der Waals surface area contributed by atoms with Crippen molar-refractivity contribution in [2.75, 3.05) is 11.8 Å². The van der Waals surface area contributed by atoms with E-state index in [4.69, 9.17) is 23.2 Å². The lowest BCUT2D eigenvalue weighted by Crippen LogP contribution is -2.33. The Morgan fingerprint density at radius 1 is 0.950 bits per heavy atom. The SMILES string of the molecule is Cc1ccc(C(CCl)(CCl)Cc2ccccc2F)cc1. The third-order valence-corrected chi connectivity index (χ3v) is 4.69. The van der Waals surface area contributed by atoms with Crippen LogP contribution in [0.4, 0.5) is 4.39 Å². The molecule has 0 radical (unpaired) electrons. The van der Waals surface area contributed by atoms with Crippen molar-refractivity contribution in [2.45, 2.75) is 18.8 Å². The van der Waals surface area contributed by atoms with Gasteiger partial charge in [-0.2, -0.15) is 0 Å². The van der Waals surface area contributed by atoms with E-state index in [1.54, 1.807) is 12.1 Å². The maximum Gasteiger partial charge on any atom is 0.126 e. The van der Waals surface area contributed by atoms with E-state index in [2.05, 4.69) is 0 Å². The normalized spacial score (nSPS) is 11.6. The van der Waals surface area contributed by atoms with Gasteiger partial charge in [0.1, 0.15) is 5.82 Å². The Kier molecular flexibility index (Phi) is 5.06. The molecule has 0 nitrogen and oxygen atoms in total. The van der Waals surface area contributed by atoms with Crippen LogP contribution in [0.3, 0.4) is 0 Å². The molecule has 0 aliphatic heterocycles. The van der Waals surface area contributed by atoms with Crippen LogP contribution in [0.25, 0.3) is 0 Å². The fourth-order valence-electron chi connectivity index (χ4n) is 2.30. The zero-order valence-corrected chi connectivity index (χ0v) is 12.9.